The minimum atomic E-state index is 0.401. The van der Waals surface area contributed by atoms with Gasteiger partial charge in [-0.25, -0.2) is 4.85 Å². The van der Waals surface area contributed by atoms with Gasteiger partial charge in [-0.15, -0.1) is 0 Å². The van der Waals surface area contributed by atoms with Crippen LogP contribution in [0.15, 0.2) is 66.7 Å². The molecule has 1 aliphatic heterocycles. The number of hydrogen-bond donors (Lipinski definition) is 0. The van der Waals surface area contributed by atoms with Crippen molar-refractivity contribution in [1.29, 1.82) is 0 Å². The summed E-state index contributed by atoms with van der Waals surface area (Å²) in [7, 11) is 0. The van der Waals surface area contributed by atoms with Gasteiger partial charge < -0.3 is 4.90 Å². The lowest BCUT2D eigenvalue weighted by molar-refractivity contribution is 0.324. The average Bonchev–Trinajstić information content (AvgIpc) is 3.23. The quantitative estimate of drug-likeness (QED) is 0.399. The van der Waals surface area contributed by atoms with Crippen molar-refractivity contribution in [3.05, 3.63) is 105 Å². The van der Waals surface area contributed by atoms with Gasteiger partial charge >= 0.3 is 0 Å². The molecular weight excluding hydrogens is 402 g/mol. The zero-order valence-electron chi connectivity index (χ0n) is 18.2. The van der Waals surface area contributed by atoms with Crippen LogP contribution in [0, 0.1) is 20.4 Å². The third-order valence-electron chi connectivity index (χ3n) is 6.33. The van der Waals surface area contributed by atoms with E-state index >= 15 is 0 Å². The third kappa shape index (κ3) is 4.93. The summed E-state index contributed by atoms with van der Waals surface area (Å²) in [6, 6.07) is 23.5. The lowest BCUT2D eigenvalue weighted by Gasteiger charge is -2.32. The van der Waals surface area contributed by atoms with Gasteiger partial charge in [0.25, 0.3) is 0 Å². The highest BCUT2D eigenvalue weighted by atomic mass is 35.5. The summed E-state index contributed by atoms with van der Waals surface area (Å²) < 4.78 is 0. The molecule has 0 radical (unpaired) electrons. The highest BCUT2D eigenvalue weighted by Gasteiger charge is 2.29. The van der Waals surface area contributed by atoms with Crippen molar-refractivity contribution in [3.8, 4) is 0 Å². The van der Waals surface area contributed by atoms with Gasteiger partial charge in [0.2, 0.25) is 5.69 Å². The van der Waals surface area contributed by atoms with E-state index < -0.39 is 0 Å². The molecule has 4 heteroatoms. The van der Waals surface area contributed by atoms with Crippen LogP contribution in [0.2, 0.25) is 5.02 Å². The van der Waals surface area contributed by atoms with Gasteiger partial charge in [0, 0.05) is 42.9 Å². The first-order valence-corrected chi connectivity index (χ1v) is 11.2. The lowest BCUT2D eigenvalue weighted by atomic mass is 10.1. The highest BCUT2D eigenvalue weighted by Crippen LogP contribution is 2.33. The molecule has 0 amide bonds. The Morgan fingerprint density at radius 1 is 1.00 bits per heavy atom. The summed E-state index contributed by atoms with van der Waals surface area (Å²) in [5.74, 6) is 0. The molecule has 0 spiro atoms. The van der Waals surface area contributed by atoms with Crippen LogP contribution in [-0.4, -0.2) is 24.0 Å². The van der Waals surface area contributed by atoms with Crippen LogP contribution in [-0.2, 0) is 13.1 Å². The van der Waals surface area contributed by atoms with Crippen LogP contribution in [0.25, 0.3) is 4.85 Å². The van der Waals surface area contributed by atoms with Crippen molar-refractivity contribution in [1.82, 2.24) is 4.90 Å². The standard InChI is InChI=1S/C27H28ClN3/c1-20-8-4-6-10-22(20)17-30-15-14-25(19-30)31(18-23-11-7-5-9-21(23)2)24-12-13-27(29-3)26(28)16-24/h4-13,16,25H,14-15,17-19H2,1-2H3/t25-/m0/s1. The Morgan fingerprint density at radius 3 is 2.32 bits per heavy atom. The first kappa shape index (κ1) is 21.4. The molecule has 1 saturated heterocycles. The molecule has 1 atom stereocenters. The van der Waals surface area contributed by atoms with Crippen LogP contribution in [0.3, 0.4) is 0 Å². The molecule has 3 aromatic carbocycles. The average molecular weight is 430 g/mol. The summed E-state index contributed by atoms with van der Waals surface area (Å²) in [6.45, 7) is 15.6. The minimum absolute atomic E-state index is 0.401. The van der Waals surface area contributed by atoms with E-state index in [1.807, 2.05) is 18.2 Å². The van der Waals surface area contributed by atoms with Crippen LogP contribution < -0.4 is 4.90 Å². The Morgan fingerprint density at radius 2 is 1.68 bits per heavy atom. The van der Waals surface area contributed by atoms with E-state index in [1.165, 1.54) is 22.3 Å². The fraction of sp³-hybridized carbons (Fsp3) is 0.296. The van der Waals surface area contributed by atoms with E-state index in [9.17, 15) is 0 Å². The smallest absolute Gasteiger partial charge is 0.205 e. The summed E-state index contributed by atoms with van der Waals surface area (Å²) in [5, 5.41) is 0.525. The van der Waals surface area contributed by atoms with E-state index in [2.05, 4.69) is 77.0 Å². The molecule has 4 rings (SSSR count). The van der Waals surface area contributed by atoms with Gasteiger partial charge in [-0.3, -0.25) is 4.90 Å². The number of nitrogens with zero attached hydrogens (tertiary/aromatic N) is 3. The first-order valence-electron chi connectivity index (χ1n) is 10.8. The number of halogens is 1. The third-order valence-corrected chi connectivity index (χ3v) is 6.63. The van der Waals surface area contributed by atoms with Gasteiger partial charge in [0.1, 0.15) is 0 Å². The number of likely N-dealkylation sites (tertiary alicyclic amines) is 1. The van der Waals surface area contributed by atoms with Crippen LogP contribution in [0.5, 0.6) is 0 Å². The molecule has 31 heavy (non-hydrogen) atoms. The van der Waals surface area contributed by atoms with Crippen molar-refractivity contribution in [3.63, 3.8) is 0 Å². The monoisotopic (exact) mass is 429 g/mol. The Labute approximate surface area is 190 Å². The molecule has 0 aliphatic carbocycles. The lowest BCUT2D eigenvalue weighted by Crippen LogP contribution is -2.37. The van der Waals surface area contributed by atoms with Gasteiger partial charge in [-0.1, -0.05) is 66.2 Å². The molecule has 0 unspecified atom stereocenters. The maximum atomic E-state index is 7.31. The fourth-order valence-electron chi connectivity index (χ4n) is 4.41. The summed E-state index contributed by atoms with van der Waals surface area (Å²) >= 11 is 6.42. The molecule has 1 heterocycles. The molecule has 0 saturated carbocycles. The number of hydrogen-bond acceptors (Lipinski definition) is 2. The Bertz CT molecular complexity index is 1100. The number of aryl methyl sites for hydroxylation is 2. The second-order valence-electron chi connectivity index (χ2n) is 8.41. The molecule has 0 aromatic heterocycles. The SMILES string of the molecule is [C-]#[N+]c1ccc(N(Cc2ccccc2C)[C@H]2CCN(Cc3ccccc3C)C2)cc1Cl. The van der Waals surface area contributed by atoms with E-state index in [4.69, 9.17) is 18.2 Å². The van der Waals surface area contributed by atoms with E-state index in [-0.39, 0.29) is 0 Å². The first-order chi connectivity index (χ1) is 15.0. The van der Waals surface area contributed by atoms with Gasteiger partial charge in [0.05, 0.1) is 6.57 Å². The van der Waals surface area contributed by atoms with E-state index in [1.54, 1.807) is 0 Å². The second-order valence-corrected chi connectivity index (χ2v) is 8.81. The van der Waals surface area contributed by atoms with Crippen molar-refractivity contribution in [2.24, 2.45) is 0 Å². The maximum Gasteiger partial charge on any atom is 0.205 e. The normalized spacial score (nSPS) is 16.3. The number of anilines is 1. The number of benzene rings is 3. The van der Waals surface area contributed by atoms with Crippen molar-refractivity contribution < 1.29 is 0 Å². The Kier molecular flexibility index (Phi) is 6.61. The van der Waals surface area contributed by atoms with Crippen LogP contribution in [0.4, 0.5) is 11.4 Å². The maximum absolute atomic E-state index is 7.31. The molecular formula is C27H28ClN3. The predicted octanol–water partition coefficient (Wildman–Crippen LogP) is 6.79. The largest absolute Gasteiger partial charge is 0.363 e. The van der Waals surface area contributed by atoms with E-state index in [0.29, 0.717) is 16.8 Å². The zero-order chi connectivity index (χ0) is 21.8. The van der Waals surface area contributed by atoms with Crippen molar-refractivity contribution in [2.75, 3.05) is 18.0 Å². The molecule has 0 N–H and O–H groups in total. The van der Waals surface area contributed by atoms with Crippen LogP contribution >= 0.6 is 11.6 Å². The van der Waals surface area contributed by atoms with Crippen molar-refractivity contribution >= 4 is 23.0 Å². The fourth-order valence-corrected chi connectivity index (χ4v) is 4.62. The van der Waals surface area contributed by atoms with Gasteiger partial charge in [0.15, 0.2) is 0 Å². The summed E-state index contributed by atoms with van der Waals surface area (Å²) in [4.78, 5) is 8.55. The van der Waals surface area contributed by atoms with Gasteiger partial charge in [-0.05, 0) is 54.7 Å². The molecule has 3 aromatic rings. The Balaban J connectivity index is 1.59. The summed E-state index contributed by atoms with van der Waals surface area (Å²) in [6.07, 6.45) is 1.11. The van der Waals surface area contributed by atoms with Crippen LogP contribution in [0.1, 0.15) is 28.7 Å². The number of rotatable bonds is 6. The summed E-state index contributed by atoms with van der Waals surface area (Å²) in [5.41, 5.74) is 6.97. The van der Waals surface area contributed by atoms with E-state index in [0.717, 1.165) is 38.3 Å². The highest BCUT2D eigenvalue weighted by molar-refractivity contribution is 6.33. The molecule has 0 bridgehead atoms. The topological polar surface area (TPSA) is 10.8 Å². The molecule has 3 nitrogen and oxygen atoms in total. The predicted molar refractivity (Wildman–Crippen MR) is 130 cm³/mol. The van der Waals surface area contributed by atoms with Gasteiger partial charge in [-0.2, -0.15) is 0 Å². The second kappa shape index (κ2) is 9.56. The van der Waals surface area contributed by atoms with Crippen molar-refractivity contribution in [2.45, 2.75) is 39.4 Å². The molecule has 158 valence electrons. The minimum Gasteiger partial charge on any atom is -0.363 e. The molecule has 1 fully saturated rings. The molecule has 1 aliphatic rings. The zero-order valence-corrected chi connectivity index (χ0v) is 18.9. The Hall–Kier alpha value is -2.80.